The molecule has 0 aromatic heterocycles. The van der Waals surface area contributed by atoms with Crippen LogP contribution in [0.2, 0.25) is 5.02 Å². The predicted molar refractivity (Wildman–Crippen MR) is 100 cm³/mol. The van der Waals surface area contributed by atoms with E-state index >= 15 is 0 Å². The minimum atomic E-state index is -0.724. The van der Waals surface area contributed by atoms with Gasteiger partial charge in [0.05, 0.1) is 11.6 Å². The zero-order valence-electron chi connectivity index (χ0n) is 13.8. The Kier molecular flexibility index (Phi) is 7.19. The van der Waals surface area contributed by atoms with Gasteiger partial charge in [0.1, 0.15) is 29.8 Å². The quantitative estimate of drug-likeness (QED) is 0.349. The molecule has 0 spiro atoms. The SMILES string of the molecule is CCOC(=O)/C(C#N)=C\c1cc(Br)ccc1OCc1c(F)cccc1Cl. The molecule has 0 amide bonds. The lowest BCUT2D eigenvalue weighted by atomic mass is 10.1. The van der Waals surface area contributed by atoms with Crippen LogP contribution in [-0.4, -0.2) is 12.6 Å². The van der Waals surface area contributed by atoms with Gasteiger partial charge in [0.15, 0.2) is 0 Å². The predicted octanol–water partition coefficient (Wildman–Crippen LogP) is 5.29. The Bertz CT molecular complexity index is 873. The first-order valence-corrected chi connectivity index (χ1v) is 8.77. The second-order valence-corrected chi connectivity index (χ2v) is 6.38. The zero-order valence-corrected chi connectivity index (χ0v) is 16.1. The molecule has 0 fully saturated rings. The lowest BCUT2D eigenvalue weighted by Gasteiger charge is -2.12. The zero-order chi connectivity index (χ0) is 19.1. The number of halogens is 3. The molecule has 0 aliphatic carbocycles. The third kappa shape index (κ3) is 5.07. The molecule has 0 heterocycles. The van der Waals surface area contributed by atoms with Crippen LogP contribution in [0.25, 0.3) is 6.08 Å². The van der Waals surface area contributed by atoms with E-state index in [1.54, 1.807) is 31.2 Å². The van der Waals surface area contributed by atoms with Crippen LogP contribution >= 0.6 is 27.5 Å². The Labute approximate surface area is 163 Å². The van der Waals surface area contributed by atoms with Crippen molar-refractivity contribution in [3.63, 3.8) is 0 Å². The average Bonchev–Trinajstić information content (AvgIpc) is 2.60. The Morgan fingerprint density at radius 3 is 2.81 bits per heavy atom. The number of benzene rings is 2. The Balaban J connectivity index is 2.33. The molecule has 2 rings (SSSR count). The normalized spacial score (nSPS) is 11.0. The van der Waals surface area contributed by atoms with Crippen molar-refractivity contribution in [1.29, 1.82) is 5.26 Å². The highest BCUT2D eigenvalue weighted by Crippen LogP contribution is 2.28. The van der Waals surface area contributed by atoms with E-state index in [0.29, 0.717) is 11.3 Å². The third-order valence-electron chi connectivity index (χ3n) is 3.32. The molecule has 2 aromatic carbocycles. The molecule has 7 heteroatoms. The van der Waals surface area contributed by atoms with Crippen LogP contribution in [0.15, 0.2) is 46.4 Å². The van der Waals surface area contributed by atoms with Crippen molar-refractivity contribution in [3.05, 3.63) is 68.4 Å². The average molecular weight is 439 g/mol. The van der Waals surface area contributed by atoms with Gasteiger partial charge in [-0.3, -0.25) is 0 Å². The number of carbonyl (C=O) groups excluding carboxylic acids is 1. The highest BCUT2D eigenvalue weighted by atomic mass is 79.9. The standard InChI is InChI=1S/C19H14BrClFNO3/c1-2-25-19(24)13(10-23)8-12-9-14(20)6-7-18(12)26-11-15-16(21)4-3-5-17(15)22/h3-9H,2,11H2,1H3/b13-8-. The largest absolute Gasteiger partial charge is 0.488 e. The maximum Gasteiger partial charge on any atom is 0.348 e. The van der Waals surface area contributed by atoms with Gasteiger partial charge < -0.3 is 9.47 Å². The number of carbonyl (C=O) groups is 1. The fraction of sp³-hybridized carbons (Fsp3) is 0.158. The highest BCUT2D eigenvalue weighted by molar-refractivity contribution is 9.10. The van der Waals surface area contributed by atoms with Crippen LogP contribution in [-0.2, 0) is 16.1 Å². The molecule has 0 bridgehead atoms. The van der Waals surface area contributed by atoms with Gasteiger partial charge in [-0.1, -0.05) is 33.6 Å². The number of hydrogen-bond acceptors (Lipinski definition) is 4. The summed E-state index contributed by atoms with van der Waals surface area (Å²) in [6.45, 7) is 1.71. The van der Waals surface area contributed by atoms with Crippen molar-refractivity contribution in [2.24, 2.45) is 0 Å². The number of esters is 1. The van der Waals surface area contributed by atoms with E-state index in [1.165, 1.54) is 18.2 Å². The van der Waals surface area contributed by atoms with Gasteiger partial charge in [-0.05, 0) is 43.3 Å². The molecule has 0 radical (unpaired) electrons. The third-order valence-corrected chi connectivity index (χ3v) is 4.17. The van der Waals surface area contributed by atoms with E-state index in [-0.39, 0.29) is 29.4 Å². The fourth-order valence-corrected chi connectivity index (χ4v) is 2.68. The summed E-state index contributed by atoms with van der Waals surface area (Å²) in [6.07, 6.45) is 1.36. The van der Waals surface area contributed by atoms with Crippen molar-refractivity contribution in [2.45, 2.75) is 13.5 Å². The molecule has 0 saturated carbocycles. The van der Waals surface area contributed by atoms with Gasteiger partial charge in [0, 0.05) is 15.6 Å². The van der Waals surface area contributed by atoms with Crippen molar-refractivity contribution >= 4 is 39.6 Å². The van der Waals surface area contributed by atoms with Crippen LogP contribution < -0.4 is 4.74 Å². The van der Waals surface area contributed by atoms with Crippen LogP contribution in [0.1, 0.15) is 18.1 Å². The van der Waals surface area contributed by atoms with Gasteiger partial charge in [-0.15, -0.1) is 0 Å². The maximum absolute atomic E-state index is 13.9. The minimum Gasteiger partial charge on any atom is -0.488 e. The summed E-state index contributed by atoms with van der Waals surface area (Å²) in [5.74, 6) is -0.835. The van der Waals surface area contributed by atoms with Crippen molar-refractivity contribution in [2.75, 3.05) is 6.61 Å². The van der Waals surface area contributed by atoms with Gasteiger partial charge in [0.2, 0.25) is 0 Å². The second-order valence-electron chi connectivity index (χ2n) is 5.06. The van der Waals surface area contributed by atoms with Crippen LogP contribution in [0.4, 0.5) is 4.39 Å². The summed E-state index contributed by atoms with van der Waals surface area (Å²) in [5, 5.41) is 9.44. The molecular formula is C19H14BrClFNO3. The summed E-state index contributed by atoms with van der Waals surface area (Å²) in [7, 11) is 0. The smallest absolute Gasteiger partial charge is 0.348 e. The van der Waals surface area contributed by atoms with E-state index in [2.05, 4.69) is 15.9 Å². The topological polar surface area (TPSA) is 59.3 Å². The van der Waals surface area contributed by atoms with E-state index in [4.69, 9.17) is 21.1 Å². The molecule has 0 atom stereocenters. The first-order chi connectivity index (χ1) is 12.5. The molecule has 134 valence electrons. The summed E-state index contributed by atoms with van der Waals surface area (Å²) < 4.78 is 25.1. The first-order valence-electron chi connectivity index (χ1n) is 7.60. The van der Waals surface area contributed by atoms with Gasteiger partial charge in [-0.2, -0.15) is 5.26 Å². The lowest BCUT2D eigenvalue weighted by molar-refractivity contribution is -0.137. The van der Waals surface area contributed by atoms with Crippen LogP contribution in [0, 0.1) is 17.1 Å². The second kappa shape index (κ2) is 9.37. The first kappa shape index (κ1) is 20.0. The summed E-state index contributed by atoms with van der Waals surface area (Å²) >= 11 is 9.33. The van der Waals surface area contributed by atoms with Crippen molar-refractivity contribution in [3.8, 4) is 11.8 Å². The minimum absolute atomic E-state index is 0.102. The van der Waals surface area contributed by atoms with E-state index < -0.39 is 11.8 Å². The Hall–Kier alpha value is -2.36. The molecule has 2 aromatic rings. The van der Waals surface area contributed by atoms with E-state index in [9.17, 15) is 14.4 Å². The molecule has 0 aliphatic rings. The molecule has 0 N–H and O–H groups in total. The number of hydrogen-bond donors (Lipinski definition) is 0. The highest BCUT2D eigenvalue weighted by Gasteiger charge is 2.13. The molecule has 26 heavy (non-hydrogen) atoms. The molecule has 4 nitrogen and oxygen atoms in total. The summed E-state index contributed by atoms with van der Waals surface area (Å²) in [5.41, 5.74) is 0.521. The van der Waals surface area contributed by atoms with Crippen molar-refractivity contribution in [1.82, 2.24) is 0 Å². The van der Waals surface area contributed by atoms with Crippen molar-refractivity contribution < 1.29 is 18.7 Å². The fourth-order valence-electron chi connectivity index (χ4n) is 2.08. The Morgan fingerprint density at radius 1 is 1.38 bits per heavy atom. The maximum atomic E-state index is 13.9. The number of nitriles is 1. The van der Waals surface area contributed by atoms with Gasteiger partial charge >= 0.3 is 5.97 Å². The summed E-state index contributed by atoms with van der Waals surface area (Å²) in [4.78, 5) is 11.8. The van der Waals surface area contributed by atoms with Crippen LogP contribution in [0.5, 0.6) is 5.75 Å². The van der Waals surface area contributed by atoms with E-state index in [0.717, 1.165) is 4.47 Å². The monoisotopic (exact) mass is 437 g/mol. The van der Waals surface area contributed by atoms with Gasteiger partial charge in [0.25, 0.3) is 0 Å². The lowest BCUT2D eigenvalue weighted by Crippen LogP contribution is -2.06. The summed E-state index contributed by atoms with van der Waals surface area (Å²) in [6, 6.07) is 11.2. The van der Waals surface area contributed by atoms with E-state index in [1.807, 2.05) is 6.07 Å². The molecule has 0 aliphatic heterocycles. The van der Waals surface area contributed by atoms with Gasteiger partial charge in [-0.25, -0.2) is 9.18 Å². The molecule has 0 saturated heterocycles. The Morgan fingerprint density at radius 2 is 2.15 bits per heavy atom. The number of ether oxygens (including phenoxy) is 2. The molecular weight excluding hydrogens is 425 g/mol. The van der Waals surface area contributed by atoms with Crippen LogP contribution in [0.3, 0.4) is 0 Å². The molecule has 0 unspecified atom stereocenters. The number of nitrogens with zero attached hydrogens (tertiary/aromatic N) is 1. The number of rotatable bonds is 6.